The smallest absolute Gasteiger partial charge is 0.0738 e. The molecule has 0 amide bonds. The van der Waals surface area contributed by atoms with Gasteiger partial charge >= 0.3 is 0 Å². The third-order valence-electron chi connectivity index (χ3n) is 2.90. The van der Waals surface area contributed by atoms with E-state index in [9.17, 15) is 0 Å². The quantitative estimate of drug-likeness (QED) is 0.593. The van der Waals surface area contributed by atoms with E-state index < -0.39 is 0 Å². The molecule has 0 spiro atoms. The summed E-state index contributed by atoms with van der Waals surface area (Å²) in [5.41, 5.74) is 0.365. The van der Waals surface area contributed by atoms with Crippen molar-refractivity contribution in [1.29, 1.82) is 0 Å². The summed E-state index contributed by atoms with van der Waals surface area (Å²) in [5.74, 6) is 2.82. The van der Waals surface area contributed by atoms with Gasteiger partial charge in [-0.1, -0.05) is 25.7 Å². The molecule has 62 valence electrons. The van der Waals surface area contributed by atoms with E-state index in [0.717, 1.165) is 0 Å². The van der Waals surface area contributed by atoms with Crippen LogP contribution in [-0.4, -0.2) is 13.1 Å². The highest BCUT2D eigenvalue weighted by Gasteiger charge is 2.34. The minimum absolute atomic E-state index is 0.269. The fourth-order valence-corrected chi connectivity index (χ4v) is 2.10. The largest absolute Gasteiger partial charge is 0.306 e. The predicted molar refractivity (Wildman–Crippen MR) is 48.3 cm³/mol. The predicted octanol–water partition coefficient (Wildman–Crippen LogP) is 1.79. The molecule has 0 heterocycles. The Morgan fingerprint density at radius 3 is 2.36 bits per heavy atom. The van der Waals surface area contributed by atoms with Crippen LogP contribution >= 0.6 is 0 Å². The first-order valence-electron chi connectivity index (χ1n) is 4.36. The molecule has 0 aromatic carbocycles. The molecular weight excluding hydrogens is 134 g/mol. The number of rotatable bonds is 2. The average molecular weight is 151 g/mol. The van der Waals surface area contributed by atoms with Gasteiger partial charge in [-0.3, -0.25) is 0 Å². The van der Waals surface area contributed by atoms with Crippen LogP contribution in [0.4, 0.5) is 0 Å². The monoisotopic (exact) mass is 151 g/mol. The highest BCUT2D eigenvalue weighted by Crippen LogP contribution is 2.40. The normalized spacial score (nSPS) is 24.5. The Morgan fingerprint density at radius 1 is 1.45 bits per heavy atom. The van der Waals surface area contributed by atoms with Gasteiger partial charge in [-0.05, 0) is 25.3 Å². The minimum Gasteiger partial charge on any atom is -0.306 e. The van der Waals surface area contributed by atoms with Gasteiger partial charge in [0.2, 0.25) is 0 Å². The molecule has 1 unspecified atom stereocenters. The summed E-state index contributed by atoms with van der Waals surface area (Å²) < 4.78 is 0. The maximum atomic E-state index is 5.44. The Labute approximate surface area is 69.6 Å². The Kier molecular flexibility index (Phi) is 2.57. The molecule has 1 atom stereocenters. The third-order valence-corrected chi connectivity index (χ3v) is 2.90. The van der Waals surface area contributed by atoms with Crippen LogP contribution in [0.5, 0.6) is 0 Å². The van der Waals surface area contributed by atoms with Gasteiger partial charge < -0.3 is 5.32 Å². The van der Waals surface area contributed by atoms with E-state index in [1.807, 2.05) is 7.05 Å². The molecule has 0 saturated heterocycles. The lowest BCUT2D eigenvalue weighted by atomic mass is 9.81. The maximum Gasteiger partial charge on any atom is 0.0738 e. The second kappa shape index (κ2) is 3.28. The standard InChI is InChI=1S/C10H17N/c1-4-9(11-3)10(2)7-5-6-8-10/h1,9,11H,5-8H2,2-3H3. The van der Waals surface area contributed by atoms with Crippen molar-refractivity contribution >= 4 is 0 Å². The fourth-order valence-electron chi connectivity index (χ4n) is 2.10. The van der Waals surface area contributed by atoms with Crippen molar-refractivity contribution in [3.8, 4) is 12.3 Å². The van der Waals surface area contributed by atoms with Gasteiger partial charge in [0.1, 0.15) is 0 Å². The first-order chi connectivity index (χ1) is 5.23. The van der Waals surface area contributed by atoms with Crippen LogP contribution in [0.2, 0.25) is 0 Å². The summed E-state index contributed by atoms with van der Waals surface area (Å²) >= 11 is 0. The van der Waals surface area contributed by atoms with Crippen LogP contribution in [0.25, 0.3) is 0 Å². The second-order valence-electron chi connectivity index (χ2n) is 3.75. The summed E-state index contributed by atoms with van der Waals surface area (Å²) in [6.07, 6.45) is 10.7. The lowest BCUT2D eigenvalue weighted by Crippen LogP contribution is -2.38. The maximum absolute atomic E-state index is 5.44. The van der Waals surface area contributed by atoms with E-state index in [1.165, 1.54) is 25.7 Å². The van der Waals surface area contributed by atoms with Crippen LogP contribution < -0.4 is 5.32 Å². The van der Waals surface area contributed by atoms with Crippen molar-refractivity contribution in [3.05, 3.63) is 0 Å². The molecule has 1 heteroatoms. The molecule has 1 fully saturated rings. The first-order valence-corrected chi connectivity index (χ1v) is 4.36. The lowest BCUT2D eigenvalue weighted by Gasteiger charge is -2.29. The van der Waals surface area contributed by atoms with Crippen molar-refractivity contribution in [2.45, 2.75) is 38.6 Å². The third kappa shape index (κ3) is 1.57. The topological polar surface area (TPSA) is 12.0 Å². The molecule has 0 bridgehead atoms. The summed E-state index contributed by atoms with van der Waals surface area (Å²) in [6.45, 7) is 2.29. The minimum atomic E-state index is 0.269. The summed E-state index contributed by atoms with van der Waals surface area (Å²) in [6, 6.07) is 0.269. The van der Waals surface area contributed by atoms with Gasteiger partial charge in [-0.2, -0.15) is 0 Å². The molecule has 1 rings (SSSR count). The zero-order chi connectivity index (χ0) is 8.32. The van der Waals surface area contributed by atoms with E-state index >= 15 is 0 Å². The van der Waals surface area contributed by atoms with Gasteiger partial charge in [-0.25, -0.2) is 0 Å². The van der Waals surface area contributed by atoms with Gasteiger partial charge in [0.25, 0.3) is 0 Å². The van der Waals surface area contributed by atoms with E-state index in [1.54, 1.807) is 0 Å². The van der Waals surface area contributed by atoms with Crippen LogP contribution in [0, 0.1) is 17.8 Å². The molecule has 1 aliphatic rings. The second-order valence-corrected chi connectivity index (χ2v) is 3.75. The van der Waals surface area contributed by atoms with Crippen LogP contribution in [-0.2, 0) is 0 Å². The van der Waals surface area contributed by atoms with Gasteiger partial charge in [-0.15, -0.1) is 6.42 Å². The fraction of sp³-hybridized carbons (Fsp3) is 0.800. The first kappa shape index (κ1) is 8.62. The van der Waals surface area contributed by atoms with E-state index in [-0.39, 0.29) is 6.04 Å². The number of hydrogen-bond acceptors (Lipinski definition) is 1. The molecule has 0 radical (unpaired) electrons. The summed E-state index contributed by atoms with van der Waals surface area (Å²) in [4.78, 5) is 0. The van der Waals surface area contributed by atoms with Gasteiger partial charge in [0.15, 0.2) is 0 Å². The van der Waals surface area contributed by atoms with Gasteiger partial charge in [0.05, 0.1) is 6.04 Å². The molecule has 11 heavy (non-hydrogen) atoms. The van der Waals surface area contributed by atoms with Crippen LogP contribution in [0.1, 0.15) is 32.6 Å². The molecule has 0 aromatic rings. The van der Waals surface area contributed by atoms with Crippen molar-refractivity contribution in [3.63, 3.8) is 0 Å². The molecule has 1 saturated carbocycles. The van der Waals surface area contributed by atoms with E-state index in [0.29, 0.717) is 5.41 Å². The molecule has 1 aliphatic carbocycles. The van der Waals surface area contributed by atoms with E-state index in [2.05, 4.69) is 18.2 Å². The molecule has 1 N–H and O–H groups in total. The van der Waals surface area contributed by atoms with Crippen molar-refractivity contribution in [1.82, 2.24) is 5.32 Å². The highest BCUT2D eigenvalue weighted by atomic mass is 14.9. The molecule has 0 aliphatic heterocycles. The Hall–Kier alpha value is -0.480. The van der Waals surface area contributed by atoms with Crippen molar-refractivity contribution < 1.29 is 0 Å². The van der Waals surface area contributed by atoms with Gasteiger partial charge in [0, 0.05) is 0 Å². The zero-order valence-corrected chi connectivity index (χ0v) is 7.48. The Bertz CT molecular complexity index is 160. The van der Waals surface area contributed by atoms with Crippen molar-refractivity contribution in [2.24, 2.45) is 5.41 Å². The summed E-state index contributed by atoms with van der Waals surface area (Å²) in [7, 11) is 1.95. The SMILES string of the molecule is C#CC(NC)C1(C)CCCC1. The molecular formula is C10H17N. The van der Waals surface area contributed by atoms with Crippen molar-refractivity contribution in [2.75, 3.05) is 7.05 Å². The Morgan fingerprint density at radius 2 is 2.00 bits per heavy atom. The number of nitrogens with one attached hydrogen (secondary N) is 1. The lowest BCUT2D eigenvalue weighted by molar-refractivity contribution is 0.277. The number of hydrogen-bond donors (Lipinski definition) is 1. The molecule has 0 aromatic heterocycles. The van der Waals surface area contributed by atoms with Crippen LogP contribution in [0.3, 0.4) is 0 Å². The summed E-state index contributed by atoms with van der Waals surface area (Å²) in [5, 5.41) is 3.20. The number of terminal acetylenes is 1. The average Bonchev–Trinajstić information content (AvgIpc) is 2.39. The molecule has 1 nitrogen and oxygen atoms in total. The Balaban J connectivity index is 2.62. The zero-order valence-electron chi connectivity index (χ0n) is 7.48. The van der Waals surface area contributed by atoms with E-state index in [4.69, 9.17) is 6.42 Å². The highest BCUT2D eigenvalue weighted by molar-refractivity contribution is 5.08. The van der Waals surface area contributed by atoms with Crippen LogP contribution in [0.15, 0.2) is 0 Å².